The van der Waals surface area contributed by atoms with Crippen LogP contribution >= 0.6 is 0 Å². The van der Waals surface area contributed by atoms with Gasteiger partial charge < -0.3 is 9.80 Å². The van der Waals surface area contributed by atoms with Gasteiger partial charge in [0.15, 0.2) is 0 Å². The zero-order valence-electron chi connectivity index (χ0n) is 12.2. The highest BCUT2D eigenvalue weighted by Gasteiger charge is 2.12. The van der Waals surface area contributed by atoms with E-state index in [1.807, 2.05) is 4.90 Å². The van der Waals surface area contributed by atoms with Gasteiger partial charge in [-0.2, -0.15) is 0 Å². The largest absolute Gasteiger partial charge is 0.341 e. The molecule has 0 fully saturated rings. The molecule has 0 saturated heterocycles. The summed E-state index contributed by atoms with van der Waals surface area (Å²) in [6.07, 6.45) is 3.92. The van der Waals surface area contributed by atoms with Crippen LogP contribution < -0.4 is 0 Å². The van der Waals surface area contributed by atoms with Gasteiger partial charge in [0.25, 0.3) is 0 Å². The van der Waals surface area contributed by atoms with Gasteiger partial charge in [-0.3, -0.25) is 4.79 Å². The third-order valence-electron chi connectivity index (χ3n) is 3.18. The van der Waals surface area contributed by atoms with Crippen LogP contribution in [0.1, 0.15) is 53.4 Å². The number of carbonyl (C=O) groups excluding carboxylic acids is 1. The number of nitrogens with zero attached hydrogens (tertiary/aromatic N) is 2. The van der Waals surface area contributed by atoms with Gasteiger partial charge in [-0.15, -0.1) is 0 Å². The summed E-state index contributed by atoms with van der Waals surface area (Å²) in [5, 5.41) is 0. The fraction of sp³-hybridized carbons (Fsp3) is 0.929. The van der Waals surface area contributed by atoms with Crippen LogP contribution in [-0.4, -0.2) is 48.4 Å². The van der Waals surface area contributed by atoms with Crippen LogP contribution in [-0.2, 0) is 4.79 Å². The van der Waals surface area contributed by atoms with Crippen molar-refractivity contribution in [1.82, 2.24) is 9.80 Å². The Bertz CT molecular complexity index is 191. The molecule has 0 heterocycles. The SMILES string of the molecule is CCCCN(CCN(CC)CC)C(=O)CCC. The molecule has 0 atom stereocenters. The Balaban J connectivity index is 4.12. The van der Waals surface area contributed by atoms with E-state index in [0.717, 1.165) is 52.0 Å². The minimum absolute atomic E-state index is 0.327. The summed E-state index contributed by atoms with van der Waals surface area (Å²) < 4.78 is 0. The molecule has 17 heavy (non-hydrogen) atoms. The molecule has 0 unspecified atom stereocenters. The Morgan fingerprint density at radius 2 is 1.53 bits per heavy atom. The first-order chi connectivity index (χ1) is 8.19. The van der Waals surface area contributed by atoms with Crippen LogP contribution in [0.4, 0.5) is 0 Å². The van der Waals surface area contributed by atoms with Crippen molar-refractivity contribution in [3.63, 3.8) is 0 Å². The van der Waals surface area contributed by atoms with Gasteiger partial charge in [-0.1, -0.05) is 34.1 Å². The highest BCUT2D eigenvalue weighted by molar-refractivity contribution is 5.76. The van der Waals surface area contributed by atoms with Gasteiger partial charge in [0.2, 0.25) is 5.91 Å². The van der Waals surface area contributed by atoms with Crippen LogP contribution in [0.3, 0.4) is 0 Å². The van der Waals surface area contributed by atoms with Crippen molar-refractivity contribution in [3.05, 3.63) is 0 Å². The summed E-state index contributed by atoms with van der Waals surface area (Å²) in [4.78, 5) is 16.4. The van der Waals surface area contributed by atoms with Crippen molar-refractivity contribution in [2.24, 2.45) is 0 Å². The quantitative estimate of drug-likeness (QED) is 0.588. The molecular weight excluding hydrogens is 212 g/mol. The maximum atomic E-state index is 11.9. The zero-order valence-corrected chi connectivity index (χ0v) is 12.2. The fourth-order valence-electron chi connectivity index (χ4n) is 1.88. The first-order valence-electron chi connectivity index (χ1n) is 7.19. The third kappa shape index (κ3) is 7.37. The molecule has 3 nitrogen and oxygen atoms in total. The lowest BCUT2D eigenvalue weighted by Gasteiger charge is -2.26. The van der Waals surface area contributed by atoms with E-state index in [0.29, 0.717) is 12.3 Å². The number of amides is 1. The summed E-state index contributed by atoms with van der Waals surface area (Å²) in [6, 6.07) is 0. The van der Waals surface area contributed by atoms with Crippen LogP contribution in [0.5, 0.6) is 0 Å². The zero-order chi connectivity index (χ0) is 13.1. The average molecular weight is 242 g/mol. The van der Waals surface area contributed by atoms with E-state index in [1.165, 1.54) is 0 Å². The van der Waals surface area contributed by atoms with E-state index in [1.54, 1.807) is 0 Å². The van der Waals surface area contributed by atoms with E-state index in [9.17, 15) is 4.79 Å². The van der Waals surface area contributed by atoms with Gasteiger partial charge in [0, 0.05) is 26.1 Å². The van der Waals surface area contributed by atoms with E-state index in [-0.39, 0.29) is 0 Å². The molecule has 0 bridgehead atoms. The molecule has 1 amide bonds. The van der Waals surface area contributed by atoms with Crippen LogP contribution in [0.15, 0.2) is 0 Å². The minimum Gasteiger partial charge on any atom is -0.341 e. The van der Waals surface area contributed by atoms with Crippen LogP contribution in [0.25, 0.3) is 0 Å². The maximum absolute atomic E-state index is 11.9. The van der Waals surface area contributed by atoms with E-state index < -0.39 is 0 Å². The van der Waals surface area contributed by atoms with Crippen molar-refractivity contribution in [2.45, 2.75) is 53.4 Å². The van der Waals surface area contributed by atoms with E-state index in [4.69, 9.17) is 0 Å². The van der Waals surface area contributed by atoms with Gasteiger partial charge >= 0.3 is 0 Å². The monoisotopic (exact) mass is 242 g/mol. The highest BCUT2D eigenvalue weighted by atomic mass is 16.2. The molecule has 0 aliphatic heterocycles. The molecule has 3 heteroatoms. The van der Waals surface area contributed by atoms with Crippen molar-refractivity contribution >= 4 is 5.91 Å². The summed E-state index contributed by atoms with van der Waals surface area (Å²) in [7, 11) is 0. The number of hydrogen-bond donors (Lipinski definition) is 0. The molecule has 0 saturated carbocycles. The minimum atomic E-state index is 0.327. The lowest BCUT2D eigenvalue weighted by molar-refractivity contribution is -0.131. The second kappa shape index (κ2) is 10.6. The van der Waals surface area contributed by atoms with Crippen molar-refractivity contribution in [3.8, 4) is 0 Å². The lowest BCUT2D eigenvalue weighted by atomic mass is 10.2. The molecular formula is C14H30N2O. The second-order valence-corrected chi connectivity index (χ2v) is 4.51. The molecule has 0 aliphatic rings. The summed E-state index contributed by atoms with van der Waals surface area (Å²) in [6.45, 7) is 13.6. The first kappa shape index (κ1) is 16.4. The number of carbonyl (C=O) groups is 1. The first-order valence-corrected chi connectivity index (χ1v) is 7.19. The highest BCUT2D eigenvalue weighted by Crippen LogP contribution is 2.02. The van der Waals surface area contributed by atoms with E-state index in [2.05, 4.69) is 32.6 Å². The van der Waals surface area contributed by atoms with Crippen molar-refractivity contribution in [1.29, 1.82) is 0 Å². The Morgan fingerprint density at radius 1 is 0.882 bits per heavy atom. The fourth-order valence-corrected chi connectivity index (χ4v) is 1.88. The van der Waals surface area contributed by atoms with Gasteiger partial charge in [0.1, 0.15) is 0 Å². The van der Waals surface area contributed by atoms with Gasteiger partial charge in [-0.25, -0.2) is 0 Å². The summed E-state index contributed by atoms with van der Waals surface area (Å²) in [5.41, 5.74) is 0. The molecule has 0 spiro atoms. The van der Waals surface area contributed by atoms with Crippen LogP contribution in [0.2, 0.25) is 0 Å². The molecule has 102 valence electrons. The molecule has 0 aromatic carbocycles. The van der Waals surface area contributed by atoms with Crippen LogP contribution in [0, 0.1) is 0 Å². The second-order valence-electron chi connectivity index (χ2n) is 4.51. The Hall–Kier alpha value is -0.570. The number of likely N-dealkylation sites (N-methyl/N-ethyl adjacent to an activating group) is 1. The van der Waals surface area contributed by atoms with Crippen molar-refractivity contribution < 1.29 is 4.79 Å². The lowest BCUT2D eigenvalue weighted by Crippen LogP contribution is -2.39. The Morgan fingerprint density at radius 3 is 2.00 bits per heavy atom. The molecule has 0 N–H and O–H groups in total. The standard InChI is InChI=1S/C14H30N2O/c1-5-9-11-16(14(17)10-6-2)13-12-15(7-3)8-4/h5-13H2,1-4H3. The third-order valence-corrected chi connectivity index (χ3v) is 3.18. The predicted molar refractivity (Wildman–Crippen MR) is 74.2 cm³/mol. The Kier molecular flexibility index (Phi) is 10.2. The number of hydrogen-bond acceptors (Lipinski definition) is 2. The van der Waals surface area contributed by atoms with Gasteiger partial charge in [0.05, 0.1) is 0 Å². The van der Waals surface area contributed by atoms with Gasteiger partial charge in [-0.05, 0) is 25.9 Å². The smallest absolute Gasteiger partial charge is 0.222 e. The number of rotatable bonds is 10. The molecule has 0 aromatic rings. The summed E-state index contributed by atoms with van der Waals surface area (Å²) in [5.74, 6) is 0.327. The number of unbranched alkanes of at least 4 members (excludes halogenated alkanes) is 1. The molecule has 0 radical (unpaired) electrons. The molecule has 0 rings (SSSR count). The predicted octanol–water partition coefficient (Wildman–Crippen LogP) is 2.76. The Labute approximate surface area is 107 Å². The molecule has 0 aromatic heterocycles. The van der Waals surface area contributed by atoms with Crippen molar-refractivity contribution in [2.75, 3.05) is 32.7 Å². The normalized spacial score (nSPS) is 10.9. The van der Waals surface area contributed by atoms with E-state index >= 15 is 0 Å². The summed E-state index contributed by atoms with van der Waals surface area (Å²) >= 11 is 0. The average Bonchev–Trinajstić information content (AvgIpc) is 2.34. The molecule has 0 aliphatic carbocycles. The topological polar surface area (TPSA) is 23.6 Å². The maximum Gasteiger partial charge on any atom is 0.222 e.